The van der Waals surface area contributed by atoms with Crippen LogP contribution >= 0.6 is 0 Å². The molecular weight excluding hydrogens is 1140 g/mol. The fraction of sp³-hybridized carbons (Fsp3) is 0.467. The van der Waals surface area contributed by atoms with Crippen molar-refractivity contribution in [2.45, 2.75) is 136 Å². The Morgan fingerprint density at radius 3 is 2.32 bits per heavy atom. The first-order valence-corrected chi connectivity index (χ1v) is 29.5. The number of nitrogen functional groups attached to an aromatic ring is 1. The second-order valence-electron chi connectivity index (χ2n) is 21.0. The molecule has 3 aromatic carbocycles. The van der Waals surface area contributed by atoms with Crippen LogP contribution in [0.1, 0.15) is 111 Å². The summed E-state index contributed by atoms with van der Waals surface area (Å²) in [7, 11) is 0. The minimum atomic E-state index is -1.44. The number of fused-ring (bicyclic) bond motifs is 3. The lowest BCUT2D eigenvalue weighted by Crippen LogP contribution is -2.49. The SMILES string of the molecule is CCCCc1nc2c(N)nc3ccccc3c2n1Cc1ccc(CCC(=O)COCCCc2nc(CCCNc3ccc(C)cc3[N+](=O)[O-])nc(NCCOCCOCc3cn(CCCCC(NC(=O)N[C@@H](CCC(=O)O)C(=O)O)OC=O)nn3)n2)cc1. The number of nitrogens with two attached hydrogens (primary N) is 1. The van der Waals surface area contributed by atoms with Gasteiger partial charge in [-0.2, -0.15) is 9.97 Å². The number of nitrogens with zero attached hydrogens (tertiary/aromatic N) is 10. The Balaban J connectivity index is 0.812. The van der Waals surface area contributed by atoms with Crippen LogP contribution in [-0.4, -0.2) is 148 Å². The van der Waals surface area contributed by atoms with Crippen LogP contribution in [0.5, 0.6) is 0 Å². The number of hydrogen-bond acceptors (Lipinski definition) is 21. The van der Waals surface area contributed by atoms with Gasteiger partial charge in [0.2, 0.25) is 5.95 Å². The minimum Gasteiger partial charge on any atom is -0.481 e. The van der Waals surface area contributed by atoms with Gasteiger partial charge < -0.3 is 60.7 Å². The predicted molar refractivity (Wildman–Crippen MR) is 324 cm³/mol. The molecule has 0 saturated heterocycles. The lowest BCUT2D eigenvalue weighted by Gasteiger charge is -2.19. The Labute approximate surface area is 507 Å². The third-order valence-electron chi connectivity index (χ3n) is 14.0. The molecule has 8 N–H and O–H groups in total. The molecule has 0 radical (unpaired) electrons. The van der Waals surface area contributed by atoms with Gasteiger partial charge in [-0.25, -0.2) is 24.5 Å². The number of carbonyl (C=O) groups excluding carboxylic acids is 3. The normalized spacial score (nSPS) is 12.0. The topological polar surface area (TPSA) is 380 Å². The lowest BCUT2D eigenvalue weighted by atomic mass is 10.1. The number of rotatable bonds is 42. The first-order chi connectivity index (χ1) is 42.7. The standard InChI is InChI=1S/C60H77N15O13/c1-3-4-15-52-69-55-56(45-11-5-6-12-46(45)64-57(55)61)74(52)35-42-20-18-41(19-21-42)22-23-44(77)38-86-30-10-14-51-66-50(13-9-27-62-47-24-17-40(2)34-49(47)75(83)84)67-59(68-51)63-28-31-85-32-33-87-37-43-36-73(72-71-43)29-8-7-16-53(88-39-76)70-60(82)65-48(58(80)81)25-26-54(78)79/h5-6,11-12,17-21,24,34,36,39,48,53,62H,3-4,7-10,13-16,22-23,25-33,35,37-38H2,1-2H3,(H2,61,64)(H,78,79)(H,80,81)(H2,65,70,82)(H,63,66,67,68)/t48-,53?/m0/s1. The van der Waals surface area contributed by atoms with E-state index in [4.69, 9.17) is 39.8 Å². The Kier molecular flexibility index (Phi) is 26.2. The summed E-state index contributed by atoms with van der Waals surface area (Å²) in [5, 5.41) is 50.0. The van der Waals surface area contributed by atoms with E-state index in [0.717, 1.165) is 63.7 Å². The molecule has 1 unspecified atom stereocenters. The van der Waals surface area contributed by atoms with Gasteiger partial charge in [0.1, 0.15) is 47.0 Å². The zero-order chi connectivity index (χ0) is 62.6. The lowest BCUT2D eigenvalue weighted by molar-refractivity contribution is -0.384. The maximum absolute atomic E-state index is 13.0. The summed E-state index contributed by atoms with van der Waals surface area (Å²) in [6.07, 6.45) is 7.05. The molecule has 0 aliphatic rings. The highest BCUT2D eigenvalue weighted by Crippen LogP contribution is 2.30. The number of carbonyl (C=O) groups is 5. The average Bonchev–Trinajstić information content (AvgIpc) is 2.08. The number of nitro benzene ring substituents is 1. The summed E-state index contributed by atoms with van der Waals surface area (Å²) >= 11 is 0. The number of aliphatic carboxylic acids is 2. The third-order valence-corrected chi connectivity index (χ3v) is 14.0. The number of ketones is 1. The van der Waals surface area contributed by atoms with E-state index in [1.165, 1.54) is 6.07 Å². The number of nitro groups is 1. The number of ether oxygens (including phenoxy) is 4. The van der Waals surface area contributed by atoms with Gasteiger partial charge in [-0.15, -0.1) is 5.10 Å². The van der Waals surface area contributed by atoms with Crippen LogP contribution in [0.15, 0.2) is 72.9 Å². The number of carboxylic acids is 2. The van der Waals surface area contributed by atoms with E-state index in [1.54, 1.807) is 23.9 Å². The largest absolute Gasteiger partial charge is 0.481 e. The summed E-state index contributed by atoms with van der Waals surface area (Å²) in [5.41, 5.74) is 13.0. The van der Waals surface area contributed by atoms with Crippen molar-refractivity contribution in [1.82, 2.24) is 55.1 Å². The van der Waals surface area contributed by atoms with Gasteiger partial charge in [-0.05, 0) is 80.7 Å². The fourth-order valence-electron chi connectivity index (χ4n) is 9.51. The van der Waals surface area contributed by atoms with E-state index in [2.05, 4.69) is 88.4 Å². The summed E-state index contributed by atoms with van der Waals surface area (Å²) in [6.45, 7) is 7.42. The average molecular weight is 1220 g/mol. The van der Waals surface area contributed by atoms with Crippen LogP contribution in [0, 0.1) is 17.0 Å². The zero-order valence-electron chi connectivity index (χ0n) is 49.6. The maximum atomic E-state index is 13.0. The van der Waals surface area contributed by atoms with E-state index in [9.17, 15) is 39.2 Å². The summed E-state index contributed by atoms with van der Waals surface area (Å²) in [5.74, 6) is 0.264. The first-order valence-electron chi connectivity index (χ1n) is 29.5. The molecule has 2 atom stereocenters. The van der Waals surface area contributed by atoms with Gasteiger partial charge in [-0.3, -0.25) is 29.2 Å². The van der Waals surface area contributed by atoms with E-state index in [1.807, 2.05) is 24.3 Å². The Bertz CT molecular complexity index is 3430. The molecule has 4 heterocycles. The number of imidazole rings is 1. The van der Waals surface area contributed by atoms with Gasteiger partial charge >= 0.3 is 18.0 Å². The number of carboxylic acid groups (broad SMARTS) is 2. The monoisotopic (exact) mass is 1220 g/mol. The van der Waals surface area contributed by atoms with Crippen LogP contribution < -0.4 is 27.0 Å². The molecule has 0 bridgehead atoms. The Hall–Kier alpha value is -9.28. The molecule has 2 amide bonds. The predicted octanol–water partition coefficient (Wildman–Crippen LogP) is 6.68. The van der Waals surface area contributed by atoms with Gasteiger partial charge in [0.05, 0.1) is 48.6 Å². The highest BCUT2D eigenvalue weighted by molar-refractivity contribution is 6.06. The maximum Gasteiger partial charge on any atom is 0.326 e. The number of Topliss-reactive ketones (excluding diaryl/α,β-unsaturated/α-hetero) is 1. The molecule has 4 aromatic heterocycles. The van der Waals surface area contributed by atoms with Crippen molar-refractivity contribution in [2.75, 3.05) is 62.5 Å². The molecule has 0 aliphatic heterocycles. The second-order valence-corrected chi connectivity index (χ2v) is 21.0. The van der Waals surface area contributed by atoms with E-state index < -0.39 is 41.6 Å². The van der Waals surface area contributed by atoms with Crippen molar-refractivity contribution in [3.63, 3.8) is 0 Å². The number of pyridine rings is 1. The summed E-state index contributed by atoms with van der Waals surface area (Å²) < 4.78 is 26.2. The molecule has 0 spiro atoms. The number of hydrogen-bond donors (Lipinski definition) is 7. The van der Waals surface area contributed by atoms with E-state index in [-0.39, 0.29) is 50.6 Å². The number of urea groups is 1. The third kappa shape index (κ3) is 21.3. The van der Waals surface area contributed by atoms with Gasteiger partial charge in [0, 0.05) is 82.8 Å². The number of benzene rings is 3. The molecule has 0 saturated carbocycles. The van der Waals surface area contributed by atoms with Gasteiger partial charge in [0.15, 0.2) is 17.8 Å². The van der Waals surface area contributed by atoms with Crippen LogP contribution in [0.3, 0.4) is 0 Å². The zero-order valence-corrected chi connectivity index (χ0v) is 49.6. The van der Waals surface area contributed by atoms with Gasteiger partial charge in [-0.1, -0.05) is 67.1 Å². The Morgan fingerprint density at radius 2 is 1.56 bits per heavy atom. The fourth-order valence-corrected chi connectivity index (χ4v) is 9.51. The summed E-state index contributed by atoms with van der Waals surface area (Å²) in [4.78, 5) is 93.5. The second kappa shape index (κ2) is 34.8. The number of amides is 2. The summed E-state index contributed by atoms with van der Waals surface area (Å²) in [6, 6.07) is 19.0. The molecule has 0 fully saturated rings. The van der Waals surface area contributed by atoms with E-state index in [0.29, 0.717) is 132 Å². The first kappa shape index (κ1) is 66.2. The van der Waals surface area contributed by atoms with Crippen molar-refractivity contribution in [3.05, 3.63) is 123 Å². The van der Waals surface area contributed by atoms with Crippen LogP contribution in [0.4, 0.5) is 27.9 Å². The van der Waals surface area contributed by atoms with Gasteiger partial charge in [0.25, 0.3) is 12.2 Å². The highest BCUT2D eigenvalue weighted by atomic mass is 16.6. The number of para-hydroxylation sites is 1. The number of anilines is 3. The van der Waals surface area contributed by atoms with Crippen molar-refractivity contribution in [3.8, 4) is 0 Å². The number of nitrogens with one attached hydrogen (secondary N) is 4. The Morgan fingerprint density at radius 1 is 0.784 bits per heavy atom. The van der Waals surface area contributed by atoms with Crippen LogP contribution in [0.25, 0.3) is 21.9 Å². The van der Waals surface area contributed by atoms with Crippen molar-refractivity contribution >= 4 is 75.3 Å². The number of aromatic nitrogens is 9. The van der Waals surface area contributed by atoms with Crippen molar-refractivity contribution in [1.29, 1.82) is 0 Å². The molecule has 7 rings (SSSR count). The molecule has 28 nitrogen and oxygen atoms in total. The van der Waals surface area contributed by atoms with E-state index >= 15 is 0 Å². The smallest absolute Gasteiger partial charge is 0.326 e. The van der Waals surface area contributed by atoms with Crippen LogP contribution in [0.2, 0.25) is 0 Å². The van der Waals surface area contributed by atoms with Crippen molar-refractivity contribution < 1.29 is 58.1 Å². The number of aryl methyl sites for hydroxylation is 6. The highest BCUT2D eigenvalue weighted by Gasteiger charge is 2.24. The molecular formula is C60H77N15O13. The van der Waals surface area contributed by atoms with Crippen molar-refractivity contribution in [2.24, 2.45) is 0 Å². The number of unbranched alkanes of at least 4 members (excludes halogenated alkanes) is 2. The molecule has 7 aromatic rings. The molecule has 88 heavy (non-hydrogen) atoms. The molecule has 28 heteroatoms. The van der Waals surface area contributed by atoms with Crippen LogP contribution in [-0.2, 0) is 83.5 Å². The molecule has 470 valence electrons. The minimum absolute atomic E-state index is 0.00277. The quantitative estimate of drug-likeness (QED) is 0.00689. The molecule has 0 aliphatic carbocycles.